The third-order valence-corrected chi connectivity index (χ3v) is 1.14. The van der Waals surface area contributed by atoms with E-state index in [4.69, 9.17) is 0 Å². The summed E-state index contributed by atoms with van der Waals surface area (Å²) in [6, 6.07) is 4.87. The average Bonchev–Trinajstić information content (AvgIpc) is 1.94. The van der Waals surface area contributed by atoms with Crippen LogP contribution in [0.1, 0.15) is 0 Å². The number of aromatic nitrogens is 1. The number of hydrogen-bond donors (Lipinski definition) is 0. The van der Waals surface area contributed by atoms with Crippen LogP contribution >= 0.6 is 0 Å². The third-order valence-electron chi connectivity index (χ3n) is 1.14. The summed E-state index contributed by atoms with van der Waals surface area (Å²) in [5.74, 6) is 0. The fraction of sp³-hybridized carbons (Fsp3) is 0.125. The van der Waals surface area contributed by atoms with Crippen LogP contribution in [0.2, 0.25) is 0 Å². The molecule has 0 aliphatic rings. The van der Waals surface area contributed by atoms with Gasteiger partial charge in [-0.05, 0) is 6.07 Å². The Morgan fingerprint density at radius 3 is 3.20 bits per heavy atom. The summed E-state index contributed by atoms with van der Waals surface area (Å²) in [6.45, 7) is 4.04. The van der Waals surface area contributed by atoms with Crippen molar-refractivity contribution in [2.45, 2.75) is 6.54 Å². The van der Waals surface area contributed by atoms with Gasteiger partial charge < -0.3 is 4.57 Å². The molecule has 10 heavy (non-hydrogen) atoms. The van der Waals surface area contributed by atoms with Crippen molar-refractivity contribution in [2.75, 3.05) is 0 Å². The first-order valence-electron chi connectivity index (χ1n) is 3.03. The molecule has 0 amide bonds. The third kappa shape index (κ3) is 1.35. The number of nitrogens with zero attached hydrogens (tertiary/aromatic N) is 1. The highest BCUT2D eigenvalue weighted by Crippen LogP contribution is 1.79. The van der Waals surface area contributed by atoms with Crippen molar-refractivity contribution in [1.82, 2.24) is 4.57 Å². The van der Waals surface area contributed by atoms with Crippen LogP contribution in [0.25, 0.3) is 0 Å². The molecule has 1 heterocycles. The van der Waals surface area contributed by atoms with Crippen LogP contribution < -0.4 is 5.56 Å². The lowest BCUT2D eigenvalue weighted by Gasteiger charge is -1.96. The Labute approximate surface area is 59.4 Å². The Balaban J connectivity index is 3.03. The van der Waals surface area contributed by atoms with Crippen molar-refractivity contribution in [3.8, 4) is 0 Å². The maximum Gasteiger partial charge on any atom is 0.251 e. The fourth-order valence-electron chi connectivity index (χ4n) is 0.689. The first kappa shape index (κ1) is 6.81. The number of rotatable bonds is 2. The van der Waals surface area contributed by atoms with Crippen LogP contribution in [-0.2, 0) is 6.54 Å². The predicted octanol–water partition coefficient (Wildman–Crippen LogP) is 0.834. The zero-order valence-electron chi connectivity index (χ0n) is 5.58. The van der Waals surface area contributed by atoms with Crippen molar-refractivity contribution in [1.29, 1.82) is 0 Å². The predicted molar refractivity (Wildman–Crippen MR) is 39.7 cm³/mol. The highest BCUT2D eigenvalue weighted by molar-refractivity contribution is 4.92. The van der Waals surface area contributed by atoms with Crippen LogP contribution in [0.5, 0.6) is 0 Å². The van der Waals surface area contributed by atoms with Crippen molar-refractivity contribution in [2.24, 2.45) is 0 Å². The molecule has 0 aliphatic carbocycles. The SMILES string of the molecule is C=CCn1[c]cccc1=O. The molecule has 0 unspecified atom stereocenters. The lowest BCUT2D eigenvalue weighted by atomic mass is 10.4. The molecule has 0 saturated carbocycles. The Hall–Kier alpha value is -1.31. The number of allylic oxidation sites excluding steroid dienone is 1. The molecule has 2 nitrogen and oxygen atoms in total. The summed E-state index contributed by atoms with van der Waals surface area (Å²) in [5.41, 5.74) is -0.0394. The Bertz CT molecular complexity index is 275. The molecule has 0 fully saturated rings. The minimum atomic E-state index is -0.0394. The molecule has 2 heteroatoms. The van der Waals surface area contributed by atoms with Crippen molar-refractivity contribution in [3.05, 3.63) is 47.4 Å². The zero-order chi connectivity index (χ0) is 7.40. The summed E-state index contributed by atoms with van der Waals surface area (Å²) in [6.07, 6.45) is 4.44. The summed E-state index contributed by atoms with van der Waals surface area (Å²) in [5, 5.41) is 0. The molecule has 1 aromatic rings. The topological polar surface area (TPSA) is 22.0 Å². The average molecular weight is 134 g/mol. The highest BCUT2D eigenvalue weighted by Gasteiger charge is 1.87. The van der Waals surface area contributed by atoms with Gasteiger partial charge in [-0.1, -0.05) is 12.1 Å². The molecule has 51 valence electrons. The summed E-state index contributed by atoms with van der Waals surface area (Å²) in [4.78, 5) is 10.9. The highest BCUT2D eigenvalue weighted by atomic mass is 16.1. The quantitative estimate of drug-likeness (QED) is 0.549. The van der Waals surface area contributed by atoms with E-state index in [9.17, 15) is 4.79 Å². The Morgan fingerprint density at radius 1 is 1.80 bits per heavy atom. The van der Waals surface area contributed by atoms with Crippen molar-refractivity contribution in [3.63, 3.8) is 0 Å². The van der Waals surface area contributed by atoms with Gasteiger partial charge in [0.2, 0.25) is 0 Å². The van der Waals surface area contributed by atoms with E-state index in [1.54, 1.807) is 18.2 Å². The molecule has 0 N–H and O–H groups in total. The maximum absolute atomic E-state index is 10.9. The monoisotopic (exact) mass is 134 g/mol. The molecule has 0 spiro atoms. The van der Waals surface area contributed by atoms with E-state index in [0.717, 1.165) is 0 Å². The first-order valence-corrected chi connectivity index (χ1v) is 3.03. The second kappa shape index (κ2) is 3.01. The molecular weight excluding hydrogens is 126 g/mol. The number of hydrogen-bond acceptors (Lipinski definition) is 1. The summed E-state index contributed by atoms with van der Waals surface area (Å²) < 4.78 is 1.47. The largest absolute Gasteiger partial charge is 0.303 e. The maximum atomic E-state index is 10.9. The van der Waals surface area contributed by atoms with Gasteiger partial charge in [-0.3, -0.25) is 4.79 Å². The Kier molecular flexibility index (Phi) is 2.05. The number of pyridine rings is 1. The van der Waals surface area contributed by atoms with Gasteiger partial charge in [-0.25, -0.2) is 0 Å². The van der Waals surface area contributed by atoms with Gasteiger partial charge >= 0.3 is 0 Å². The van der Waals surface area contributed by atoms with Crippen LogP contribution in [0.3, 0.4) is 0 Å². The van der Waals surface area contributed by atoms with Gasteiger partial charge in [0.25, 0.3) is 5.56 Å². The molecule has 0 atom stereocenters. The Morgan fingerprint density at radius 2 is 2.60 bits per heavy atom. The van der Waals surface area contributed by atoms with Gasteiger partial charge in [0.1, 0.15) is 0 Å². The minimum Gasteiger partial charge on any atom is -0.303 e. The van der Waals surface area contributed by atoms with E-state index in [0.29, 0.717) is 6.54 Å². The van der Waals surface area contributed by atoms with Gasteiger partial charge in [0, 0.05) is 12.6 Å². The van der Waals surface area contributed by atoms with Gasteiger partial charge in [0.15, 0.2) is 0 Å². The first-order chi connectivity index (χ1) is 4.84. The van der Waals surface area contributed by atoms with Crippen molar-refractivity contribution < 1.29 is 0 Å². The lowest BCUT2D eigenvalue weighted by molar-refractivity contribution is 0.773. The van der Waals surface area contributed by atoms with Gasteiger partial charge in [-0.2, -0.15) is 0 Å². The molecule has 1 rings (SSSR count). The minimum absolute atomic E-state index is 0.0394. The van der Waals surface area contributed by atoms with E-state index in [1.165, 1.54) is 10.6 Å². The lowest BCUT2D eigenvalue weighted by Crippen LogP contribution is -2.16. The van der Waals surface area contributed by atoms with E-state index in [2.05, 4.69) is 12.8 Å². The molecule has 0 saturated heterocycles. The van der Waals surface area contributed by atoms with Gasteiger partial charge in [-0.15, -0.1) is 6.58 Å². The van der Waals surface area contributed by atoms with Crippen LogP contribution in [0.15, 0.2) is 35.6 Å². The van der Waals surface area contributed by atoms with Crippen molar-refractivity contribution >= 4 is 0 Å². The smallest absolute Gasteiger partial charge is 0.251 e. The normalized spacial score (nSPS) is 9.20. The molecule has 0 aliphatic heterocycles. The second-order valence-electron chi connectivity index (χ2n) is 1.89. The summed E-state index contributed by atoms with van der Waals surface area (Å²) >= 11 is 0. The molecular formula is C8H8NO. The fourth-order valence-corrected chi connectivity index (χ4v) is 0.689. The van der Waals surface area contributed by atoms with Crippen LogP contribution in [-0.4, -0.2) is 4.57 Å². The van der Waals surface area contributed by atoms with E-state index in [1.807, 2.05) is 0 Å². The van der Waals surface area contributed by atoms with Crippen LogP contribution in [0.4, 0.5) is 0 Å². The van der Waals surface area contributed by atoms with Gasteiger partial charge in [0.05, 0.1) is 6.20 Å². The van der Waals surface area contributed by atoms with E-state index in [-0.39, 0.29) is 5.56 Å². The van der Waals surface area contributed by atoms with E-state index >= 15 is 0 Å². The standard InChI is InChI=1S/C8H8NO/c1-2-6-9-7-4-3-5-8(9)10/h2-5H,1,6H2. The molecule has 0 aromatic carbocycles. The molecule has 1 radical (unpaired) electrons. The summed E-state index contributed by atoms with van der Waals surface area (Å²) in [7, 11) is 0. The van der Waals surface area contributed by atoms with E-state index < -0.39 is 0 Å². The second-order valence-corrected chi connectivity index (χ2v) is 1.89. The van der Waals surface area contributed by atoms with Crippen LogP contribution in [0, 0.1) is 6.20 Å². The molecule has 1 aromatic heterocycles. The molecule has 0 bridgehead atoms. The zero-order valence-corrected chi connectivity index (χ0v) is 5.58.